The predicted molar refractivity (Wildman–Crippen MR) is 68.7 cm³/mol. The van der Waals surface area contributed by atoms with Gasteiger partial charge in [-0.3, -0.25) is 4.21 Å². The summed E-state index contributed by atoms with van der Waals surface area (Å²) in [5, 5.41) is 0.112. The third-order valence-corrected chi connectivity index (χ3v) is 5.05. The van der Waals surface area contributed by atoms with Gasteiger partial charge in [-0.05, 0) is 19.1 Å². The molecule has 2 atom stereocenters. The number of benzene rings is 1. The lowest BCUT2D eigenvalue weighted by atomic mass is 10.4. The SMILES string of the molecule is CC(CN)S(=O)CCSc1ccccc1. The lowest BCUT2D eigenvalue weighted by Crippen LogP contribution is -2.24. The molecule has 0 heterocycles. The molecule has 2 N–H and O–H groups in total. The zero-order chi connectivity index (χ0) is 11.1. The maximum atomic E-state index is 11.6. The van der Waals surface area contributed by atoms with Crippen LogP contribution in [-0.2, 0) is 10.8 Å². The van der Waals surface area contributed by atoms with Crippen molar-refractivity contribution < 1.29 is 4.21 Å². The minimum atomic E-state index is -0.784. The van der Waals surface area contributed by atoms with Gasteiger partial charge in [0.1, 0.15) is 0 Å². The van der Waals surface area contributed by atoms with Crippen LogP contribution in [-0.4, -0.2) is 27.5 Å². The number of hydrogen-bond acceptors (Lipinski definition) is 3. The molecular weight excluding hydrogens is 226 g/mol. The highest BCUT2D eigenvalue weighted by Gasteiger charge is 2.08. The topological polar surface area (TPSA) is 43.1 Å². The fourth-order valence-electron chi connectivity index (χ4n) is 1.07. The summed E-state index contributed by atoms with van der Waals surface area (Å²) < 4.78 is 11.6. The van der Waals surface area contributed by atoms with E-state index in [1.54, 1.807) is 11.8 Å². The molecule has 1 aromatic carbocycles. The summed E-state index contributed by atoms with van der Waals surface area (Å²) in [6, 6.07) is 10.2. The van der Waals surface area contributed by atoms with Crippen LogP contribution >= 0.6 is 11.8 Å². The van der Waals surface area contributed by atoms with Gasteiger partial charge in [-0.2, -0.15) is 0 Å². The molecule has 2 unspecified atom stereocenters. The molecule has 1 aromatic rings. The van der Waals surface area contributed by atoms with Crippen LogP contribution in [0.2, 0.25) is 0 Å². The molecule has 4 heteroatoms. The van der Waals surface area contributed by atoms with Gasteiger partial charge >= 0.3 is 0 Å². The smallest absolute Gasteiger partial charge is 0.0442 e. The number of thioether (sulfide) groups is 1. The van der Waals surface area contributed by atoms with E-state index in [0.29, 0.717) is 6.54 Å². The Morgan fingerprint density at radius 1 is 1.40 bits per heavy atom. The van der Waals surface area contributed by atoms with Crippen LogP contribution in [0.25, 0.3) is 0 Å². The monoisotopic (exact) mass is 243 g/mol. The van der Waals surface area contributed by atoms with Crippen LogP contribution in [0.4, 0.5) is 0 Å². The van der Waals surface area contributed by atoms with Gasteiger partial charge < -0.3 is 5.73 Å². The summed E-state index contributed by atoms with van der Waals surface area (Å²) in [7, 11) is -0.784. The molecule has 0 amide bonds. The molecule has 15 heavy (non-hydrogen) atoms. The second-order valence-electron chi connectivity index (χ2n) is 3.29. The molecule has 0 saturated carbocycles. The van der Waals surface area contributed by atoms with Crippen LogP contribution in [0.1, 0.15) is 6.92 Å². The number of hydrogen-bond donors (Lipinski definition) is 1. The highest BCUT2D eigenvalue weighted by atomic mass is 32.2. The van der Waals surface area contributed by atoms with Crippen molar-refractivity contribution in [2.24, 2.45) is 5.73 Å². The molecule has 0 spiro atoms. The van der Waals surface area contributed by atoms with Gasteiger partial charge in [0, 0.05) is 39.0 Å². The first-order valence-corrected chi connectivity index (χ1v) is 7.36. The van der Waals surface area contributed by atoms with Crippen molar-refractivity contribution in [3.05, 3.63) is 30.3 Å². The van der Waals surface area contributed by atoms with E-state index in [-0.39, 0.29) is 5.25 Å². The highest BCUT2D eigenvalue weighted by molar-refractivity contribution is 8.00. The van der Waals surface area contributed by atoms with Gasteiger partial charge in [0.05, 0.1) is 0 Å². The highest BCUT2D eigenvalue weighted by Crippen LogP contribution is 2.16. The molecule has 0 saturated heterocycles. The van der Waals surface area contributed by atoms with Crippen LogP contribution < -0.4 is 5.73 Å². The first-order valence-electron chi connectivity index (χ1n) is 4.99. The zero-order valence-corrected chi connectivity index (χ0v) is 10.5. The molecule has 0 radical (unpaired) electrons. The Morgan fingerprint density at radius 2 is 2.07 bits per heavy atom. The van der Waals surface area contributed by atoms with Crippen LogP contribution in [0.5, 0.6) is 0 Å². The van der Waals surface area contributed by atoms with E-state index in [1.807, 2.05) is 25.1 Å². The van der Waals surface area contributed by atoms with E-state index < -0.39 is 10.8 Å². The minimum Gasteiger partial charge on any atom is -0.329 e. The molecule has 0 aromatic heterocycles. The first-order chi connectivity index (χ1) is 7.24. The molecule has 1 rings (SSSR count). The summed E-state index contributed by atoms with van der Waals surface area (Å²) in [5.41, 5.74) is 5.46. The quantitative estimate of drug-likeness (QED) is 0.776. The Morgan fingerprint density at radius 3 is 2.67 bits per heavy atom. The van der Waals surface area contributed by atoms with Crippen LogP contribution in [0, 0.1) is 0 Å². The van der Waals surface area contributed by atoms with E-state index in [9.17, 15) is 4.21 Å². The van der Waals surface area contributed by atoms with Crippen LogP contribution in [0.15, 0.2) is 35.2 Å². The number of nitrogens with two attached hydrogens (primary N) is 1. The van der Waals surface area contributed by atoms with Crippen molar-refractivity contribution in [2.45, 2.75) is 17.1 Å². The third-order valence-electron chi connectivity index (χ3n) is 2.08. The third kappa shape index (κ3) is 4.82. The molecule has 0 aliphatic carbocycles. The van der Waals surface area contributed by atoms with Crippen molar-refractivity contribution in [2.75, 3.05) is 18.1 Å². The van der Waals surface area contributed by atoms with E-state index in [2.05, 4.69) is 12.1 Å². The van der Waals surface area contributed by atoms with E-state index in [4.69, 9.17) is 5.73 Å². The second kappa shape index (κ2) is 7.04. The van der Waals surface area contributed by atoms with Crippen molar-refractivity contribution >= 4 is 22.6 Å². The summed E-state index contributed by atoms with van der Waals surface area (Å²) in [6.07, 6.45) is 0. The Kier molecular flexibility index (Phi) is 5.98. The molecule has 0 aliphatic rings. The zero-order valence-electron chi connectivity index (χ0n) is 8.89. The van der Waals surface area contributed by atoms with Gasteiger partial charge in [-0.15, -0.1) is 11.8 Å². The van der Waals surface area contributed by atoms with Gasteiger partial charge in [0.2, 0.25) is 0 Å². The summed E-state index contributed by atoms with van der Waals surface area (Å²) in [4.78, 5) is 1.23. The number of rotatable bonds is 6. The molecule has 2 nitrogen and oxygen atoms in total. The van der Waals surface area contributed by atoms with Gasteiger partial charge in [-0.1, -0.05) is 18.2 Å². The average molecular weight is 243 g/mol. The first kappa shape index (κ1) is 12.7. The Bertz CT molecular complexity index is 303. The lowest BCUT2D eigenvalue weighted by Gasteiger charge is -2.07. The molecule has 0 fully saturated rings. The lowest BCUT2D eigenvalue weighted by molar-refractivity contribution is 0.674. The molecule has 0 bridgehead atoms. The summed E-state index contributed by atoms with van der Waals surface area (Å²) in [5.74, 6) is 1.61. The molecule has 84 valence electrons. The van der Waals surface area contributed by atoms with Crippen LogP contribution in [0.3, 0.4) is 0 Å². The van der Waals surface area contributed by atoms with E-state index in [1.165, 1.54) is 4.90 Å². The van der Waals surface area contributed by atoms with Crippen molar-refractivity contribution in [3.63, 3.8) is 0 Å². The standard InChI is InChI=1S/C11H17NOS2/c1-10(9-12)15(13)8-7-14-11-5-3-2-4-6-11/h2-6,10H,7-9,12H2,1H3. The Balaban J connectivity index is 2.25. The largest absolute Gasteiger partial charge is 0.329 e. The fourth-order valence-corrected chi connectivity index (χ4v) is 3.26. The maximum Gasteiger partial charge on any atom is 0.0442 e. The second-order valence-corrected chi connectivity index (χ2v) is 6.44. The van der Waals surface area contributed by atoms with Crippen molar-refractivity contribution in [1.29, 1.82) is 0 Å². The average Bonchev–Trinajstić information content (AvgIpc) is 2.29. The van der Waals surface area contributed by atoms with Gasteiger partial charge in [-0.25, -0.2) is 0 Å². The van der Waals surface area contributed by atoms with Crippen molar-refractivity contribution in [3.8, 4) is 0 Å². The Hall–Kier alpha value is -0.320. The summed E-state index contributed by atoms with van der Waals surface area (Å²) in [6.45, 7) is 2.44. The molecule has 0 aliphatic heterocycles. The Labute approximate surface area is 98.1 Å². The molecular formula is C11H17NOS2. The van der Waals surface area contributed by atoms with Gasteiger partial charge in [0.25, 0.3) is 0 Å². The minimum absolute atomic E-state index is 0.112. The maximum absolute atomic E-state index is 11.6. The van der Waals surface area contributed by atoms with Gasteiger partial charge in [0.15, 0.2) is 0 Å². The van der Waals surface area contributed by atoms with Crippen molar-refractivity contribution in [1.82, 2.24) is 0 Å². The fraction of sp³-hybridized carbons (Fsp3) is 0.455. The van der Waals surface area contributed by atoms with E-state index in [0.717, 1.165) is 11.5 Å². The van der Waals surface area contributed by atoms with E-state index >= 15 is 0 Å². The predicted octanol–water partition coefficient (Wildman–Crippen LogP) is 1.87. The summed E-state index contributed by atoms with van der Waals surface area (Å²) >= 11 is 1.74. The normalized spacial score (nSPS) is 14.8.